The average Bonchev–Trinajstić information content (AvgIpc) is 3.00. The summed E-state index contributed by atoms with van der Waals surface area (Å²) < 4.78 is 0. The number of carbonyl (C=O) groups excluding carboxylic acids is 2. The topological polar surface area (TPSA) is 84.0 Å². The molecular weight excluding hydrogens is 324 g/mol. The van der Waals surface area contributed by atoms with Crippen molar-refractivity contribution in [3.8, 4) is 0 Å². The Morgan fingerprint density at radius 3 is 2.79 bits per heavy atom. The van der Waals surface area contributed by atoms with E-state index in [2.05, 4.69) is 27.8 Å². The standard InChI is InChI=1S/C17H22N4O2S/c1-3-4-5-9-15-20-21-17(24-15)19-14(22)11-18-16(23)13-8-6-7-12(2)10-13/h6-8,10H,3-5,9,11H2,1-2H3,(H,18,23)(H,19,21,22). The first-order chi connectivity index (χ1) is 11.6. The average molecular weight is 346 g/mol. The third-order valence-corrected chi connectivity index (χ3v) is 4.30. The van der Waals surface area contributed by atoms with Crippen LogP contribution in [0.5, 0.6) is 0 Å². The number of nitrogens with zero attached hydrogens (tertiary/aromatic N) is 2. The summed E-state index contributed by atoms with van der Waals surface area (Å²) in [6.45, 7) is 3.96. The molecule has 1 heterocycles. The molecule has 0 fully saturated rings. The summed E-state index contributed by atoms with van der Waals surface area (Å²) in [5.74, 6) is -0.585. The van der Waals surface area contributed by atoms with Gasteiger partial charge in [0.25, 0.3) is 5.91 Å². The number of amides is 2. The van der Waals surface area contributed by atoms with Crippen molar-refractivity contribution >= 4 is 28.3 Å². The molecule has 2 aromatic rings. The molecule has 0 atom stereocenters. The Morgan fingerprint density at radius 2 is 2.04 bits per heavy atom. The number of rotatable bonds is 8. The lowest BCUT2D eigenvalue weighted by molar-refractivity contribution is -0.115. The van der Waals surface area contributed by atoms with Gasteiger partial charge in [0.05, 0.1) is 6.54 Å². The second kappa shape index (κ2) is 9.12. The highest BCUT2D eigenvalue weighted by atomic mass is 32.1. The Hall–Kier alpha value is -2.28. The van der Waals surface area contributed by atoms with Crippen LogP contribution in [0.1, 0.15) is 47.1 Å². The van der Waals surface area contributed by atoms with Crippen molar-refractivity contribution in [2.45, 2.75) is 39.5 Å². The molecule has 1 aromatic carbocycles. The maximum Gasteiger partial charge on any atom is 0.251 e. The van der Waals surface area contributed by atoms with E-state index >= 15 is 0 Å². The normalized spacial score (nSPS) is 10.4. The Labute approximate surface area is 145 Å². The van der Waals surface area contributed by atoms with Crippen molar-refractivity contribution in [3.63, 3.8) is 0 Å². The number of aryl methyl sites for hydroxylation is 2. The Balaban J connectivity index is 1.78. The fraction of sp³-hybridized carbons (Fsp3) is 0.412. The fourth-order valence-corrected chi connectivity index (χ4v) is 2.94. The smallest absolute Gasteiger partial charge is 0.251 e. The quantitative estimate of drug-likeness (QED) is 0.720. The minimum Gasteiger partial charge on any atom is -0.343 e. The second-order valence-electron chi connectivity index (χ2n) is 5.56. The first-order valence-electron chi connectivity index (χ1n) is 8.05. The molecule has 0 aliphatic heterocycles. The summed E-state index contributed by atoms with van der Waals surface area (Å²) in [6, 6.07) is 7.22. The lowest BCUT2D eigenvalue weighted by Crippen LogP contribution is -2.32. The molecule has 0 saturated heterocycles. The van der Waals surface area contributed by atoms with Crippen molar-refractivity contribution in [1.82, 2.24) is 15.5 Å². The van der Waals surface area contributed by atoms with Gasteiger partial charge in [0.1, 0.15) is 5.01 Å². The predicted octanol–water partition coefficient (Wildman–Crippen LogP) is 2.95. The van der Waals surface area contributed by atoms with Gasteiger partial charge in [-0.25, -0.2) is 0 Å². The van der Waals surface area contributed by atoms with Crippen molar-refractivity contribution in [3.05, 3.63) is 40.4 Å². The number of hydrogen-bond donors (Lipinski definition) is 2. The van der Waals surface area contributed by atoms with Gasteiger partial charge in [-0.1, -0.05) is 48.8 Å². The van der Waals surface area contributed by atoms with Crippen LogP contribution in [-0.4, -0.2) is 28.6 Å². The van der Waals surface area contributed by atoms with Crippen LogP contribution in [0.2, 0.25) is 0 Å². The van der Waals surface area contributed by atoms with Gasteiger partial charge in [0.2, 0.25) is 11.0 Å². The number of nitrogens with one attached hydrogen (secondary N) is 2. The molecule has 2 rings (SSSR count). The van der Waals surface area contributed by atoms with E-state index in [0.29, 0.717) is 10.7 Å². The monoisotopic (exact) mass is 346 g/mol. The molecular formula is C17H22N4O2S. The zero-order valence-corrected chi connectivity index (χ0v) is 14.8. The molecule has 2 N–H and O–H groups in total. The number of benzene rings is 1. The number of anilines is 1. The van der Waals surface area contributed by atoms with Gasteiger partial charge in [0, 0.05) is 12.0 Å². The summed E-state index contributed by atoms with van der Waals surface area (Å²) in [7, 11) is 0. The van der Waals surface area contributed by atoms with E-state index in [0.717, 1.165) is 36.3 Å². The molecule has 128 valence electrons. The van der Waals surface area contributed by atoms with Crippen molar-refractivity contribution in [2.75, 3.05) is 11.9 Å². The lowest BCUT2D eigenvalue weighted by atomic mass is 10.1. The van der Waals surface area contributed by atoms with Crippen LogP contribution < -0.4 is 10.6 Å². The van der Waals surface area contributed by atoms with Crippen molar-refractivity contribution in [1.29, 1.82) is 0 Å². The summed E-state index contributed by atoms with van der Waals surface area (Å²) in [6.07, 6.45) is 4.27. The highest BCUT2D eigenvalue weighted by Gasteiger charge is 2.11. The second-order valence-corrected chi connectivity index (χ2v) is 6.62. The first kappa shape index (κ1) is 18.1. The third-order valence-electron chi connectivity index (χ3n) is 3.40. The van der Waals surface area contributed by atoms with E-state index in [4.69, 9.17) is 0 Å². The van der Waals surface area contributed by atoms with Crippen LogP contribution in [0.15, 0.2) is 24.3 Å². The summed E-state index contributed by atoms with van der Waals surface area (Å²) in [5.41, 5.74) is 1.54. The molecule has 0 unspecified atom stereocenters. The number of unbranched alkanes of at least 4 members (excludes halogenated alkanes) is 2. The molecule has 0 spiro atoms. The summed E-state index contributed by atoms with van der Waals surface area (Å²) >= 11 is 1.38. The number of hydrogen-bond acceptors (Lipinski definition) is 5. The van der Waals surface area contributed by atoms with E-state index in [1.807, 2.05) is 19.1 Å². The van der Waals surface area contributed by atoms with E-state index in [1.54, 1.807) is 12.1 Å². The minimum atomic E-state index is -0.313. The third kappa shape index (κ3) is 5.73. The van der Waals surface area contributed by atoms with Crippen LogP contribution in [-0.2, 0) is 11.2 Å². The van der Waals surface area contributed by atoms with Crippen LogP contribution in [0.3, 0.4) is 0 Å². The molecule has 0 aliphatic carbocycles. The molecule has 1 aromatic heterocycles. The van der Waals surface area contributed by atoms with Crippen LogP contribution >= 0.6 is 11.3 Å². The summed E-state index contributed by atoms with van der Waals surface area (Å²) in [4.78, 5) is 23.9. The zero-order valence-electron chi connectivity index (χ0n) is 14.0. The Morgan fingerprint density at radius 1 is 1.21 bits per heavy atom. The van der Waals surface area contributed by atoms with E-state index in [1.165, 1.54) is 11.3 Å². The minimum absolute atomic E-state index is 0.0997. The molecule has 0 radical (unpaired) electrons. The van der Waals surface area contributed by atoms with Gasteiger partial charge in [0.15, 0.2) is 0 Å². The number of carbonyl (C=O) groups is 2. The van der Waals surface area contributed by atoms with Crippen LogP contribution in [0.4, 0.5) is 5.13 Å². The largest absolute Gasteiger partial charge is 0.343 e. The molecule has 6 nitrogen and oxygen atoms in total. The molecule has 0 saturated carbocycles. The SMILES string of the molecule is CCCCCc1nnc(NC(=O)CNC(=O)c2cccc(C)c2)s1. The molecule has 2 amide bonds. The molecule has 24 heavy (non-hydrogen) atoms. The van der Waals surface area contributed by atoms with Gasteiger partial charge in [-0.05, 0) is 25.5 Å². The van der Waals surface area contributed by atoms with Gasteiger partial charge in [-0.15, -0.1) is 10.2 Å². The van der Waals surface area contributed by atoms with Crippen LogP contribution in [0.25, 0.3) is 0 Å². The zero-order chi connectivity index (χ0) is 17.4. The first-order valence-corrected chi connectivity index (χ1v) is 8.87. The maximum absolute atomic E-state index is 12.0. The Kier molecular flexibility index (Phi) is 6.87. The molecule has 0 aliphatic rings. The fourth-order valence-electron chi connectivity index (χ4n) is 2.14. The highest BCUT2D eigenvalue weighted by molar-refractivity contribution is 7.15. The highest BCUT2D eigenvalue weighted by Crippen LogP contribution is 2.17. The van der Waals surface area contributed by atoms with Crippen molar-refractivity contribution < 1.29 is 9.59 Å². The van der Waals surface area contributed by atoms with Gasteiger partial charge >= 0.3 is 0 Å². The van der Waals surface area contributed by atoms with Gasteiger partial charge < -0.3 is 5.32 Å². The Bertz CT molecular complexity index is 699. The molecule has 7 heteroatoms. The molecule has 0 bridgehead atoms. The number of aromatic nitrogens is 2. The van der Waals surface area contributed by atoms with E-state index < -0.39 is 0 Å². The maximum atomic E-state index is 12.0. The predicted molar refractivity (Wildman–Crippen MR) is 95.3 cm³/mol. The van der Waals surface area contributed by atoms with Gasteiger partial charge in [-0.2, -0.15) is 0 Å². The van der Waals surface area contributed by atoms with Gasteiger partial charge in [-0.3, -0.25) is 14.9 Å². The van der Waals surface area contributed by atoms with E-state index in [-0.39, 0.29) is 18.4 Å². The van der Waals surface area contributed by atoms with Crippen molar-refractivity contribution in [2.24, 2.45) is 0 Å². The lowest BCUT2D eigenvalue weighted by Gasteiger charge is -2.05. The van der Waals surface area contributed by atoms with E-state index in [9.17, 15) is 9.59 Å². The summed E-state index contributed by atoms with van der Waals surface area (Å²) in [5, 5.41) is 14.7. The van der Waals surface area contributed by atoms with Crippen LogP contribution in [0, 0.1) is 6.92 Å².